The van der Waals surface area contributed by atoms with Crippen LogP contribution in [0.15, 0.2) is 18.2 Å². The van der Waals surface area contributed by atoms with Crippen LogP contribution in [0.2, 0.25) is 0 Å². The van der Waals surface area contributed by atoms with Gasteiger partial charge in [-0.3, -0.25) is 0 Å². The summed E-state index contributed by atoms with van der Waals surface area (Å²) >= 11 is 0. The third kappa shape index (κ3) is 5.20. The van der Waals surface area contributed by atoms with Gasteiger partial charge < -0.3 is 25.1 Å². The van der Waals surface area contributed by atoms with E-state index in [1.54, 1.807) is 25.3 Å². The first-order valence-electron chi connectivity index (χ1n) is 7.24. The molecule has 0 aliphatic carbocycles. The molecule has 0 aliphatic heterocycles. The second-order valence-electron chi connectivity index (χ2n) is 5.46. The van der Waals surface area contributed by atoms with Crippen LogP contribution in [0.3, 0.4) is 0 Å². The summed E-state index contributed by atoms with van der Waals surface area (Å²) in [5.41, 5.74) is 6.58. The van der Waals surface area contributed by atoms with Gasteiger partial charge in [0, 0.05) is 11.6 Å². The van der Waals surface area contributed by atoms with Crippen molar-refractivity contribution in [2.45, 2.75) is 39.0 Å². The Hall–Kier alpha value is -1.79. The number of methoxy groups -OCH3 is 2. The second kappa shape index (κ2) is 8.60. The van der Waals surface area contributed by atoms with Crippen molar-refractivity contribution in [2.75, 3.05) is 14.2 Å². The van der Waals surface area contributed by atoms with E-state index in [1.807, 2.05) is 13.8 Å². The van der Waals surface area contributed by atoms with Gasteiger partial charge in [0.05, 0.1) is 14.2 Å². The van der Waals surface area contributed by atoms with Crippen LogP contribution in [0, 0.1) is 5.92 Å². The number of carbonyl (C=O) groups is 1. The molecule has 2 atom stereocenters. The lowest BCUT2D eigenvalue weighted by atomic mass is 10.0. The molecule has 6 heteroatoms. The lowest BCUT2D eigenvalue weighted by Crippen LogP contribution is -2.30. The van der Waals surface area contributed by atoms with E-state index in [1.165, 1.54) is 7.11 Å². The average molecular weight is 311 g/mol. The third-order valence-corrected chi connectivity index (χ3v) is 3.34. The Labute approximate surface area is 131 Å². The molecule has 1 aromatic carbocycles. The van der Waals surface area contributed by atoms with Crippen molar-refractivity contribution in [2.24, 2.45) is 11.7 Å². The summed E-state index contributed by atoms with van der Waals surface area (Å²) < 4.78 is 15.9. The maximum atomic E-state index is 11.3. The van der Waals surface area contributed by atoms with Gasteiger partial charge in [0.15, 0.2) is 6.10 Å². The molecule has 0 heterocycles. The number of carboxylic acid groups (broad SMARTS) is 1. The van der Waals surface area contributed by atoms with Crippen molar-refractivity contribution in [3.05, 3.63) is 23.8 Å². The van der Waals surface area contributed by atoms with Crippen molar-refractivity contribution >= 4 is 5.97 Å². The smallest absolute Gasteiger partial charge is 0.332 e. The maximum absolute atomic E-state index is 11.3. The number of ether oxygens (including phenoxy) is 3. The van der Waals surface area contributed by atoms with Crippen molar-refractivity contribution in [1.82, 2.24) is 0 Å². The largest absolute Gasteiger partial charge is 0.497 e. The van der Waals surface area contributed by atoms with Crippen LogP contribution in [-0.4, -0.2) is 31.4 Å². The molecule has 6 nitrogen and oxygen atoms in total. The molecular weight excluding hydrogens is 286 g/mol. The molecule has 0 aromatic heterocycles. The van der Waals surface area contributed by atoms with E-state index in [0.717, 1.165) is 6.42 Å². The van der Waals surface area contributed by atoms with E-state index in [2.05, 4.69) is 0 Å². The van der Waals surface area contributed by atoms with Crippen molar-refractivity contribution in [3.8, 4) is 11.5 Å². The minimum atomic E-state index is -1.01. The lowest BCUT2D eigenvalue weighted by Gasteiger charge is -2.22. The zero-order valence-electron chi connectivity index (χ0n) is 13.5. The highest BCUT2D eigenvalue weighted by Gasteiger charge is 2.24. The Balaban J connectivity index is 2.85. The summed E-state index contributed by atoms with van der Waals surface area (Å²) in [4.78, 5) is 11.3. The minimum Gasteiger partial charge on any atom is -0.497 e. The average Bonchev–Trinajstić information content (AvgIpc) is 2.49. The first kappa shape index (κ1) is 18.3. The molecule has 124 valence electrons. The standard InChI is InChI=1S/C16H25NO5/c1-10(2)5-8-13(16(18)19)22-15(17)12-7-6-11(20-3)9-14(12)21-4/h6-7,9-10,13,15H,5,8,17H2,1-4H3,(H,18,19). The van der Waals surface area contributed by atoms with Crippen LogP contribution in [0.25, 0.3) is 0 Å². The van der Waals surface area contributed by atoms with Gasteiger partial charge in [0.2, 0.25) is 0 Å². The van der Waals surface area contributed by atoms with Crippen LogP contribution in [0.1, 0.15) is 38.5 Å². The van der Waals surface area contributed by atoms with Crippen LogP contribution in [-0.2, 0) is 9.53 Å². The van der Waals surface area contributed by atoms with Gasteiger partial charge >= 0.3 is 5.97 Å². The van der Waals surface area contributed by atoms with E-state index < -0.39 is 18.3 Å². The van der Waals surface area contributed by atoms with Gasteiger partial charge in [-0.1, -0.05) is 13.8 Å². The van der Waals surface area contributed by atoms with Gasteiger partial charge in [0.1, 0.15) is 17.7 Å². The highest BCUT2D eigenvalue weighted by atomic mass is 16.5. The Morgan fingerprint density at radius 3 is 2.41 bits per heavy atom. The molecule has 2 unspecified atom stereocenters. The Kier molecular flexibility index (Phi) is 7.14. The molecule has 0 radical (unpaired) electrons. The monoisotopic (exact) mass is 311 g/mol. The fourth-order valence-electron chi connectivity index (χ4n) is 2.04. The Bertz CT molecular complexity index is 489. The molecule has 1 rings (SSSR count). The molecule has 1 aromatic rings. The summed E-state index contributed by atoms with van der Waals surface area (Å²) in [5.74, 6) is 0.517. The molecule has 0 amide bonds. The van der Waals surface area contributed by atoms with Crippen LogP contribution >= 0.6 is 0 Å². The van der Waals surface area contributed by atoms with E-state index >= 15 is 0 Å². The number of hydrogen-bond acceptors (Lipinski definition) is 5. The van der Waals surface area contributed by atoms with Gasteiger partial charge in [-0.05, 0) is 30.9 Å². The molecule has 0 saturated carbocycles. The maximum Gasteiger partial charge on any atom is 0.332 e. The summed E-state index contributed by atoms with van der Waals surface area (Å²) in [5, 5.41) is 9.26. The first-order chi connectivity index (χ1) is 10.4. The lowest BCUT2D eigenvalue weighted by molar-refractivity contribution is -0.155. The summed E-state index contributed by atoms with van der Waals surface area (Å²) in [6.45, 7) is 4.07. The van der Waals surface area contributed by atoms with E-state index in [0.29, 0.717) is 29.4 Å². The molecule has 0 saturated heterocycles. The highest BCUT2D eigenvalue weighted by Crippen LogP contribution is 2.30. The fraction of sp³-hybridized carbons (Fsp3) is 0.562. The van der Waals surface area contributed by atoms with Crippen molar-refractivity contribution < 1.29 is 24.1 Å². The summed E-state index contributed by atoms with van der Waals surface area (Å²) in [6, 6.07) is 5.12. The second-order valence-corrected chi connectivity index (χ2v) is 5.46. The molecule has 3 N–H and O–H groups in total. The zero-order valence-corrected chi connectivity index (χ0v) is 13.5. The molecule has 22 heavy (non-hydrogen) atoms. The molecule has 0 fully saturated rings. The van der Waals surface area contributed by atoms with Gasteiger partial charge in [-0.2, -0.15) is 0 Å². The normalized spacial score (nSPS) is 13.7. The number of aliphatic carboxylic acids is 1. The minimum absolute atomic E-state index is 0.400. The van der Waals surface area contributed by atoms with Crippen molar-refractivity contribution in [3.63, 3.8) is 0 Å². The summed E-state index contributed by atoms with van der Waals surface area (Å²) in [7, 11) is 3.07. The molecule has 0 aliphatic rings. The van der Waals surface area contributed by atoms with Gasteiger partial charge in [-0.25, -0.2) is 4.79 Å². The van der Waals surface area contributed by atoms with Crippen molar-refractivity contribution in [1.29, 1.82) is 0 Å². The SMILES string of the molecule is COc1ccc(C(N)OC(CCC(C)C)C(=O)O)c(OC)c1. The molecule has 0 spiro atoms. The number of benzene rings is 1. The van der Waals surface area contributed by atoms with Crippen LogP contribution in [0.5, 0.6) is 11.5 Å². The predicted molar refractivity (Wildman–Crippen MR) is 83.1 cm³/mol. The van der Waals surface area contributed by atoms with E-state index in [9.17, 15) is 9.90 Å². The topological polar surface area (TPSA) is 91.0 Å². The van der Waals surface area contributed by atoms with Gasteiger partial charge in [-0.15, -0.1) is 0 Å². The molecular formula is C16H25NO5. The molecule has 0 bridgehead atoms. The highest BCUT2D eigenvalue weighted by molar-refractivity contribution is 5.72. The van der Waals surface area contributed by atoms with E-state index in [-0.39, 0.29) is 0 Å². The number of carboxylic acids is 1. The Morgan fingerprint density at radius 1 is 1.23 bits per heavy atom. The van der Waals surface area contributed by atoms with Crippen LogP contribution in [0.4, 0.5) is 0 Å². The third-order valence-electron chi connectivity index (χ3n) is 3.34. The van der Waals surface area contributed by atoms with Gasteiger partial charge in [0.25, 0.3) is 0 Å². The summed E-state index contributed by atoms with van der Waals surface area (Å²) in [6.07, 6.45) is -0.652. The first-order valence-corrected chi connectivity index (χ1v) is 7.24. The predicted octanol–water partition coefficient (Wildman–Crippen LogP) is 2.57. The zero-order chi connectivity index (χ0) is 16.7. The quantitative estimate of drug-likeness (QED) is 0.681. The van der Waals surface area contributed by atoms with Crippen LogP contribution < -0.4 is 15.2 Å². The number of nitrogens with two attached hydrogens (primary N) is 1. The van der Waals surface area contributed by atoms with E-state index in [4.69, 9.17) is 19.9 Å². The Morgan fingerprint density at radius 2 is 1.91 bits per heavy atom. The number of hydrogen-bond donors (Lipinski definition) is 2. The fourth-order valence-corrected chi connectivity index (χ4v) is 2.04. The number of rotatable bonds is 9.